The maximum absolute atomic E-state index is 13.2. The molecule has 1 N–H and O–H groups in total. The number of aromatic nitrogens is 2. The number of hydrogen-bond acceptors (Lipinski definition) is 4. The molecular weight excluding hydrogens is 342 g/mol. The molecule has 3 aromatic heterocycles. The van der Waals surface area contributed by atoms with Crippen LogP contribution < -0.4 is 5.32 Å². The second-order valence-electron chi connectivity index (χ2n) is 6.70. The molecule has 1 aliphatic carbocycles. The predicted molar refractivity (Wildman–Crippen MR) is 104 cm³/mol. The van der Waals surface area contributed by atoms with Gasteiger partial charge in [0.05, 0.1) is 11.1 Å². The second-order valence-corrected chi connectivity index (χ2v) is 7.64. The number of pyridine rings is 2. The Kier molecular flexibility index (Phi) is 4.80. The topological polar surface area (TPSA) is 54.9 Å². The molecule has 132 valence electrons. The molecule has 0 bridgehead atoms. The van der Waals surface area contributed by atoms with E-state index in [-0.39, 0.29) is 11.3 Å². The summed E-state index contributed by atoms with van der Waals surface area (Å²) in [7, 11) is 0. The first-order valence-corrected chi connectivity index (χ1v) is 9.84. The summed E-state index contributed by atoms with van der Waals surface area (Å²) in [6.45, 7) is 0.484. The molecule has 4 rings (SSSR count). The van der Waals surface area contributed by atoms with Crippen molar-refractivity contribution in [3.05, 3.63) is 70.8 Å². The van der Waals surface area contributed by atoms with Gasteiger partial charge in [-0.15, -0.1) is 11.3 Å². The Morgan fingerprint density at radius 1 is 1.08 bits per heavy atom. The van der Waals surface area contributed by atoms with Crippen LogP contribution in [0.3, 0.4) is 0 Å². The number of amides is 1. The van der Waals surface area contributed by atoms with Crippen molar-refractivity contribution in [1.29, 1.82) is 0 Å². The first-order chi connectivity index (χ1) is 12.8. The maximum atomic E-state index is 13.2. The summed E-state index contributed by atoms with van der Waals surface area (Å²) in [5, 5.41) is 5.25. The Morgan fingerprint density at radius 2 is 1.88 bits per heavy atom. The average molecular weight is 363 g/mol. The van der Waals surface area contributed by atoms with Crippen LogP contribution in [0.2, 0.25) is 0 Å². The molecule has 0 atom stereocenters. The zero-order valence-corrected chi connectivity index (χ0v) is 15.3. The zero-order valence-electron chi connectivity index (χ0n) is 14.5. The fourth-order valence-corrected chi connectivity index (χ4v) is 4.79. The minimum Gasteiger partial charge on any atom is -0.351 e. The molecule has 0 aromatic carbocycles. The normalized spacial score (nSPS) is 15.7. The summed E-state index contributed by atoms with van der Waals surface area (Å²) < 4.78 is 0. The lowest BCUT2D eigenvalue weighted by Gasteiger charge is -2.26. The second kappa shape index (κ2) is 7.38. The van der Waals surface area contributed by atoms with E-state index in [0.717, 1.165) is 42.5 Å². The Labute approximate surface area is 157 Å². The molecule has 3 heterocycles. The van der Waals surface area contributed by atoms with E-state index < -0.39 is 0 Å². The van der Waals surface area contributed by atoms with Crippen molar-refractivity contribution in [2.75, 3.05) is 0 Å². The van der Waals surface area contributed by atoms with Gasteiger partial charge in [0.1, 0.15) is 0 Å². The van der Waals surface area contributed by atoms with Crippen LogP contribution in [0.5, 0.6) is 0 Å². The Hall–Kier alpha value is -2.53. The van der Waals surface area contributed by atoms with Crippen LogP contribution in [0.4, 0.5) is 0 Å². The number of thiophene rings is 1. The van der Waals surface area contributed by atoms with E-state index in [9.17, 15) is 4.79 Å². The number of nitrogens with one attached hydrogen (secondary N) is 1. The van der Waals surface area contributed by atoms with Crippen molar-refractivity contribution in [3.63, 3.8) is 0 Å². The third-order valence-electron chi connectivity index (χ3n) is 5.17. The highest BCUT2D eigenvalue weighted by Crippen LogP contribution is 2.43. The van der Waals surface area contributed by atoms with Crippen LogP contribution in [0.15, 0.2) is 60.4 Å². The van der Waals surface area contributed by atoms with E-state index >= 15 is 0 Å². The summed E-state index contributed by atoms with van der Waals surface area (Å²) in [5.41, 5.74) is 2.57. The first-order valence-electron chi connectivity index (χ1n) is 8.96. The lowest BCUT2D eigenvalue weighted by atomic mass is 9.83. The molecule has 0 unspecified atom stereocenters. The van der Waals surface area contributed by atoms with Gasteiger partial charge in [0, 0.05) is 35.6 Å². The quantitative estimate of drug-likeness (QED) is 0.734. The molecule has 1 amide bonds. The Morgan fingerprint density at radius 3 is 2.62 bits per heavy atom. The van der Waals surface area contributed by atoms with E-state index in [1.54, 1.807) is 29.9 Å². The van der Waals surface area contributed by atoms with Crippen molar-refractivity contribution < 1.29 is 4.79 Å². The molecule has 0 saturated heterocycles. The van der Waals surface area contributed by atoms with Gasteiger partial charge in [-0.2, -0.15) is 0 Å². The van der Waals surface area contributed by atoms with Crippen molar-refractivity contribution in [1.82, 2.24) is 15.3 Å². The van der Waals surface area contributed by atoms with Gasteiger partial charge < -0.3 is 5.32 Å². The summed E-state index contributed by atoms with van der Waals surface area (Å²) in [6, 6.07) is 12.0. The lowest BCUT2D eigenvalue weighted by molar-refractivity contribution is -0.126. The van der Waals surface area contributed by atoms with Gasteiger partial charge in [-0.05, 0) is 48.1 Å². The molecule has 0 aliphatic heterocycles. The molecule has 3 aromatic rings. The van der Waals surface area contributed by atoms with E-state index in [1.165, 1.54) is 4.88 Å². The Balaban J connectivity index is 1.55. The van der Waals surface area contributed by atoms with Crippen LogP contribution in [-0.4, -0.2) is 15.9 Å². The zero-order chi connectivity index (χ0) is 17.8. The summed E-state index contributed by atoms with van der Waals surface area (Å²) in [6.07, 6.45) is 9.40. The largest absolute Gasteiger partial charge is 0.351 e. The van der Waals surface area contributed by atoms with Gasteiger partial charge in [0.2, 0.25) is 5.91 Å². The molecule has 0 spiro atoms. The van der Waals surface area contributed by atoms with E-state index in [0.29, 0.717) is 6.54 Å². The highest BCUT2D eigenvalue weighted by molar-refractivity contribution is 7.10. The van der Waals surface area contributed by atoms with Gasteiger partial charge in [0.15, 0.2) is 0 Å². The number of hydrogen-bond donors (Lipinski definition) is 1. The van der Waals surface area contributed by atoms with Crippen molar-refractivity contribution in [2.45, 2.75) is 37.6 Å². The van der Waals surface area contributed by atoms with Gasteiger partial charge in [-0.3, -0.25) is 14.8 Å². The summed E-state index contributed by atoms with van der Waals surface area (Å²) >= 11 is 1.69. The average Bonchev–Trinajstić information content (AvgIpc) is 3.39. The van der Waals surface area contributed by atoms with Crippen LogP contribution >= 0.6 is 11.3 Å². The minimum absolute atomic E-state index is 0.141. The predicted octanol–water partition coefficient (Wildman–Crippen LogP) is 4.33. The van der Waals surface area contributed by atoms with Crippen LogP contribution in [0, 0.1) is 0 Å². The van der Waals surface area contributed by atoms with Crippen molar-refractivity contribution >= 4 is 17.2 Å². The molecule has 1 saturated carbocycles. The smallest absolute Gasteiger partial charge is 0.231 e. The molecule has 26 heavy (non-hydrogen) atoms. The van der Waals surface area contributed by atoms with Gasteiger partial charge >= 0.3 is 0 Å². The first kappa shape index (κ1) is 16.9. The van der Waals surface area contributed by atoms with Gasteiger partial charge in [-0.1, -0.05) is 25.0 Å². The lowest BCUT2D eigenvalue weighted by Crippen LogP contribution is -2.41. The minimum atomic E-state index is -0.354. The highest BCUT2D eigenvalue weighted by atomic mass is 32.1. The maximum Gasteiger partial charge on any atom is 0.231 e. The van der Waals surface area contributed by atoms with E-state index in [2.05, 4.69) is 26.7 Å². The van der Waals surface area contributed by atoms with Crippen LogP contribution in [0.1, 0.15) is 36.1 Å². The van der Waals surface area contributed by atoms with Crippen LogP contribution in [-0.2, 0) is 16.8 Å². The molecule has 1 aliphatic rings. The third-order valence-corrected chi connectivity index (χ3v) is 6.24. The summed E-state index contributed by atoms with van der Waals surface area (Å²) in [5.74, 6) is 0.141. The van der Waals surface area contributed by atoms with Gasteiger partial charge in [0.25, 0.3) is 0 Å². The fourth-order valence-electron chi connectivity index (χ4n) is 3.81. The van der Waals surface area contributed by atoms with E-state index in [1.807, 2.05) is 30.3 Å². The molecule has 1 fully saturated rings. The fraction of sp³-hybridized carbons (Fsp3) is 0.286. The standard InChI is InChI=1S/C21H21N3OS/c25-20(21(9-1-2-10-21)18-6-4-14-26-18)24-15-17-5-3-11-23-19(17)16-7-12-22-13-8-16/h3-8,11-14H,1-2,9-10,15H2,(H,24,25). The number of rotatable bonds is 5. The van der Waals surface area contributed by atoms with Crippen molar-refractivity contribution in [2.24, 2.45) is 0 Å². The monoisotopic (exact) mass is 363 g/mol. The highest BCUT2D eigenvalue weighted by Gasteiger charge is 2.43. The van der Waals surface area contributed by atoms with E-state index in [4.69, 9.17) is 0 Å². The van der Waals surface area contributed by atoms with Crippen molar-refractivity contribution in [3.8, 4) is 11.3 Å². The number of carbonyl (C=O) groups excluding carboxylic acids is 1. The molecular formula is C21H21N3OS. The SMILES string of the molecule is O=C(NCc1cccnc1-c1ccncc1)C1(c2cccs2)CCCC1. The molecule has 4 nitrogen and oxygen atoms in total. The molecule has 5 heteroatoms. The molecule has 0 radical (unpaired) electrons. The third kappa shape index (κ3) is 3.15. The Bertz CT molecular complexity index is 871. The summed E-state index contributed by atoms with van der Waals surface area (Å²) in [4.78, 5) is 22.9. The number of nitrogens with zero attached hydrogens (tertiary/aromatic N) is 2. The van der Waals surface area contributed by atoms with Crippen LogP contribution in [0.25, 0.3) is 11.3 Å². The number of carbonyl (C=O) groups is 1. The van der Waals surface area contributed by atoms with Gasteiger partial charge in [-0.25, -0.2) is 0 Å².